The first-order chi connectivity index (χ1) is 13.9. The van der Waals surface area contributed by atoms with Gasteiger partial charge in [-0.25, -0.2) is 0 Å². The summed E-state index contributed by atoms with van der Waals surface area (Å²) in [5, 5.41) is 12.6. The fourth-order valence-electron chi connectivity index (χ4n) is 2.60. The summed E-state index contributed by atoms with van der Waals surface area (Å²) in [6.45, 7) is 4.87. The number of hydrogen-bond acceptors (Lipinski definition) is 5. The quantitative estimate of drug-likeness (QED) is 0.545. The van der Waals surface area contributed by atoms with Gasteiger partial charge in [-0.05, 0) is 48.7 Å². The number of ether oxygens (including phenoxy) is 1. The van der Waals surface area contributed by atoms with Crippen LogP contribution in [0, 0.1) is 13.8 Å². The summed E-state index contributed by atoms with van der Waals surface area (Å²) in [4.78, 5) is 12.1. The SMILES string of the molecule is Cc1cccc(OCc2nnc(SCC(=O)NCc3ccc(Cl)cc3)n2C)c1C. The molecule has 1 N–H and O–H groups in total. The molecule has 6 nitrogen and oxygen atoms in total. The summed E-state index contributed by atoms with van der Waals surface area (Å²) in [6.07, 6.45) is 0. The van der Waals surface area contributed by atoms with Gasteiger partial charge in [0.05, 0.1) is 5.75 Å². The first-order valence-corrected chi connectivity index (χ1v) is 10.5. The summed E-state index contributed by atoms with van der Waals surface area (Å²) < 4.78 is 7.75. The smallest absolute Gasteiger partial charge is 0.230 e. The van der Waals surface area contributed by atoms with Crippen molar-refractivity contribution in [2.45, 2.75) is 32.2 Å². The number of nitrogens with zero attached hydrogens (tertiary/aromatic N) is 3. The Kier molecular flexibility index (Phi) is 7.17. The van der Waals surface area contributed by atoms with Gasteiger partial charge in [-0.15, -0.1) is 10.2 Å². The second-order valence-electron chi connectivity index (χ2n) is 6.64. The Labute approximate surface area is 179 Å². The molecule has 1 heterocycles. The van der Waals surface area contributed by atoms with E-state index >= 15 is 0 Å². The minimum atomic E-state index is -0.0684. The van der Waals surface area contributed by atoms with Crippen molar-refractivity contribution in [2.75, 3.05) is 5.75 Å². The van der Waals surface area contributed by atoms with Crippen LogP contribution >= 0.6 is 23.4 Å². The molecule has 0 spiro atoms. The molecule has 152 valence electrons. The molecule has 0 aliphatic rings. The van der Waals surface area contributed by atoms with E-state index in [-0.39, 0.29) is 11.7 Å². The zero-order valence-corrected chi connectivity index (χ0v) is 18.2. The lowest BCUT2D eigenvalue weighted by Gasteiger charge is -2.10. The summed E-state index contributed by atoms with van der Waals surface area (Å²) in [5.74, 6) is 1.73. The molecule has 2 aromatic carbocycles. The maximum atomic E-state index is 12.1. The molecular formula is C21H23ClN4O2S. The van der Waals surface area contributed by atoms with E-state index < -0.39 is 0 Å². The normalized spacial score (nSPS) is 10.8. The highest BCUT2D eigenvalue weighted by Gasteiger charge is 2.12. The topological polar surface area (TPSA) is 69.0 Å². The monoisotopic (exact) mass is 430 g/mol. The number of carbonyl (C=O) groups excluding carboxylic acids is 1. The maximum Gasteiger partial charge on any atom is 0.230 e. The Bertz CT molecular complexity index is 989. The molecule has 0 unspecified atom stereocenters. The molecule has 29 heavy (non-hydrogen) atoms. The number of rotatable bonds is 8. The molecule has 0 fully saturated rings. The summed E-state index contributed by atoms with van der Waals surface area (Å²) in [6, 6.07) is 13.4. The van der Waals surface area contributed by atoms with Gasteiger partial charge in [0, 0.05) is 18.6 Å². The van der Waals surface area contributed by atoms with Gasteiger partial charge in [0.15, 0.2) is 11.0 Å². The van der Waals surface area contributed by atoms with Crippen LogP contribution < -0.4 is 10.1 Å². The third kappa shape index (κ3) is 5.74. The fourth-order valence-corrected chi connectivity index (χ4v) is 3.49. The summed E-state index contributed by atoms with van der Waals surface area (Å²) in [7, 11) is 1.87. The maximum absolute atomic E-state index is 12.1. The highest BCUT2D eigenvalue weighted by molar-refractivity contribution is 7.99. The highest BCUT2D eigenvalue weighted by atomic mass is 35.5. The van der Waals surface area contributed by atoms with Crippen molar-refractivity contribution < 1.29 is 9.53 Å². The molecule has 0 saturated carbocycles. The minimum absolute atomic E-state index is 0.0684. The Morgan fingerprint density at radius 2 is 1.93 bits per heavy atom. The Morgan fingerprint density at radius 1 is 1.17 bits per heavy atom. The lowest BCUT2D eigenvalue weighted by Crippen LogP contribution is -2.24. The second-order valence-corrected chi connectivity index (χ2v) is 8.02. The second kappa shape index (κ2) is 9.80. The largest absolute Gasteiger partial charge is 0.485 e. The van der Waals surface area contributed by atoms with Crippen LogP contribution in [0.2, 0.25) is 5.02 Å². The molecule has 3 aromatic rings. The summed E-state index contributed by atoms with van der Waals surface area (Å²) >= 11 is 7.21. The molecule has 3 rings (SSSR count). The molecule has 1 aromatic heterocycles. The molecule has 0 saturated heterocycles. The van der Waals surface area contributed by atoms with E-state index in [2.05, 4.69) is 28.5 Å². The number of amides is 1. The number of benzene rings is 2. The zero-order valence-electron chi connectivity index (χ0n) is 16.6. The van der Waals surface area contributed by atoms with Gasteiger partial charge in [0.2, 0.25) is 5.91 Å². The van der Waals surface area contributed by atoms with Crippen molar-refractivity contribution >= 4 is 29.3 Å². The predicted molar refractivity (Wildman–Crippen MR) is 115 cm³/mol. The lowest BCUT2D eigenvalue weighted by atomic mass is 10.1. The predicted octanol–water partition coefficient (Wildman–Crippen LogP) is 4.07. The van der Waals surface area contributed by atoms with E-state index in [1.807, 2.05) is 42.8 Å². The average molecular weight is 431 g/mol. The van der Waals surface area contributed by atoms with Crippen LogP contribution in [-0.4, -0.2) is 26.4 Å². The highest BCUT2D eigenvalue weighted by Crippen LogP contribution is 2.22. The van der Waals surface area contributed by atoms with E-state index in [1.165, 1.54) is 17.3 Å². The van der Waals surface area contributed by atoms with Crippen LogP contribution in [0.25, 0.3) is 0 Å². The number of hydrogen-bond donors (Lipinski definition) is 1. The van der Waals surface area contributed by atoms with Gasteiger partial charge >= 0.3 is 0 Å². The van der Waals surface area contributed by atoms with Crippen molar-refractivity contribution in [3.8, 4) is 5.75 Å². The number of aryl methyl sites for hydroxylation is 1. The van der Waals surface area contributed by atoms with Gasteiger partial charge in [-0.3, -0.25) is 4.79 Å². The molecular weight excluding hydrogens is 408 g/mol. The van der Waals surface area contributed by atoms with E-state index in [0.717, 1.165) is 16.9 Å². The first kappa shape index (κ1) is 21.2. The fraction of sp³-hybridized carbons (Fsp3) is 0.286. The number of thioether (sulfide) groups is 1. The number of nitrogens with one attached hydrogen (secondary N) is 1. The molecule has 8 heteroatoms. The van der Waals surface area contributed by atoms with Gasteiger partial charge in [-0.1, -0.05) is 47.6 Å². The van der Waals surface area contributed by atoms with Crippen LogP contribution in [0.3, 0.4) is 0 Å². The van der Waals surface area contributed by atoms with Gasteiger partial charge in [0.1, 0.15) is 12.4 Å². The Hall–Kier alpha value is -2.51. The van der Waals surface area contributed by atoms with Crippen molar-refractivity contribution in [1.82, 2.24) is 20.1 Å². The standard InChI is InChI=1S/C21H23ClN4O2S/c1-14-5-4-6-18(15(14)2)28-12-19-24-25-21(26(19)3)29-13-20(27)23-11-16-7-9-17(22)10-8-16/h4-10H,11-13H2,1-3H3,(H,23,27). The van der Waals surface area contributed by atoms with Crippen LogP contribution in [0.4, 0.5) is 0 Å². The van der Waals surface area contributed by atoms with Crippen molar-refractivity contribution in [3.05, 3.63) is 70.0 Å². The zero-order chi connectivity index (χ0) is 20.8. The van der Waals surface area contributed by atoms with Crippen molar-refractivity contribution in [2.24, 2.45) is 7.05 Å². The van der Waals surface area contributed by atoms with Crippen molar-refractivity contribution in [3.63, 3.8) is 0 Å². The third-order valence-electron chi connectivity index (χ3n) is 4.57. The lowest BCUT2D eigenvalue weighted by molar-refractivity contribution is -0.118. The molecule has 1 amide bonds. The van der Waals surface area contributed by atoms with Gasteiger partial charge in [0.25, 0.3) is 0 Å². The van der Waals surface area contributed by atoms with Gasteiger partial charge < -0.3 is 14.6 Å². The number of aromatic nitrogens is 3. The minimum Gasteiger partial charge on any atom is -0.485 e. The number of carbonyl (C=O) groups is 1. The van der Waals surface area contributed by atoms with E-state index in [0.29, 0.717) is 29.2 Å². The molecule has 0 aliphatic carbocycles. The first-order valence-electron chi connectivity index (χ1n) is 9.15. The van der Waals surface area contributed by atoms with Crippen LogP contribution in [-0.2, 0) is 25.0 Å². The van der Waals surface area contributed by atoms with Gasteiger partial charge in [-0.2, -0.15) is 0 Å². The average Bonchev–Trinajstić information content (AvgIpc) is 3.06. The Balaban J connectivity index is 1.49. The van der Waals surface area contributed by atoms with E-state index in [1.54, 1.807) is 12.1 Å². The molecule has 0 atom stereocenters. The third-order valence-corrected chi connectivity index (χ3v) is 5.84. The molecule has 0 bridgehead atoms. The Morgan fingerprint density at radius 3 is 2.69 bits per heavy atom. The number of halogens is 1. The van der Waals surface area contributed by atoms with E-state index in [9.17, 15) is 4.79 Å². The van der Waals surface area contributed by atoms with Crippen LogP contribution in [0.15, 0.2) is 47.6 Å². The van der Waals surface area contributed by atoms with Crippen LogP contribution in [0.1, 0.15) is 22.5 Å². The van der Waals surface area contributed by atoms with Crippen molar-refractivity contribution in [1.29, 1.82) is 0 Å². The molecule has 0 radical (unpaired) electrons. The summed E-state index contributed by atoms with van der Waals surface area (Å²) in [5.41, 5.74) is 3.29. The van der Waals surface area contributed by atoms with E-state index in [4.69, 9.17) is 16.3 Å². The van der Waals surface area contributed by atoms with Crippen LogP contribution in [0.5, 0.6) is 5.75 Å². The molecule has 0 aliphatic heterocycles.